The first-order valence-corrected chi connectivity index (χ1v) is 11.3. The van der Waals surface area contributed by atoms with Gasteiger partial charge in [0.05, 0.1) is 34.6 Å². The predicted molar refractivity (Wildman–Crippen MR) is 120 cm³/mol. The zero-order valence-electron chi connectivity index (χ0n) is 16.0. The number of benzene rings is 1. The highest BCUT2D eigenvalue weighted by atomic mass is 35.5. The lowest BCUT2D eigenvalue weighted by Crippen LogP contribution is -2.13. The Labute approximate surface area is 179 Å². The fraction of sp³-hybridized carbons (Fsp3) is 0.0952. The standard InChI is InChI=1S/C21H19ClN4O3S/c1-30(28,29)12-2-3-17-7-4-15(13-24-17)21(27)26-19-10-11-23-14-20(19)25-18-8-5-16(22)6-9-18/h2-11,13-14,25H,12H2,1H3,(H,23,26,27)/b3-2+. The largest absolute Gasteiger partial charge is 0.353 e. The van der Waals surface area contributed by atoms with Gasteiger partial charge in [0.1, 0.15) is 0 Å². The summed E-state index contributed by atoms with van der Waals surface area (Å²) in [6.45, 7) is 0. The van der Waals surface area contributed by atoms with Crippen molar-refractivity contribution in [1.82, 2.24) is 9.97 Å². The van der Waals surface area contributed by atoms with E-state index in [1.807, 2.05) is 12.1 Å². The number of hydrogen-bond acceptors (Lipinski definition) is 6. The highest BCUT2D eigenvalue weighted by molar-refractivity contribution is 7.90. The summed E-state index contributed by atoms with van der Waals surface area (Å²) in [5.74, 6) is -0.401. The third kappa shape index (κ3) is 6.40. The number of rotatable bonds is 7. The van der Waals surface area contributed by atoms with Crippen LogP contribution in [0.4, 0.5) is 17.1 Å². The van der Waals surface area contributed by atoms with E-state index in [1.165, 1.54) is 12.3 Å². The lowest BCUT2D eigenvalue weighted by molar-refractivity contribution is 0.102. The molecule has 3 aromatic rings. The molecule has 0 fully saturated rings. The van der Waals surface area contributed by atoms with E-state index < -0.39 is 9.84 Å². The van der Waals surface area contributed by atoms with Crippen LogP contribution in [0.25, 0.3) is 6.08 Å². The first kappa shape index (κ1) is 21.5. The zero-order valence-corrected chi connectivity index (χ0v) is 17.6. The van der Waals surface area contributed by atoms with Crippen molar-refractivity contribution in [3.8, 4) is 0 Å². The molecular weight excluding hydrogens is 424 g/mol. The second kappa shape index (κ2) is 9.51. The maximum atomic E-state index is 12.6. The SMILES string of the molecule is CS(=O)(=O)C/C=C/c1ccc(C(=O)Nc2ccncc2Nc2ccc(Cl)cc2)cn1. The Morgan fingerprint density at radius 2 is 1.83 bits per heavy atom. The van der Waals surface area contributed by atoms with Gasteiger partial charge in [0, 0.05) is 29.4 Å². The molecule has 2 N–H and O–H groups in total. The fourth-order valence-corrected chi connectivity index (χ4v) is 3.04. The van der Waals surface area contributed by atoms with E-state index in [2.05, 4.69) is 20.6 Å². The minimum absolute atomic E-state index is 0.0671. The van der Waals surface area contributed by atoms with E-state index in [0.29, 0.717) is 27.7 Å². The van der Waals surface area contributed by atoms with Gasteiger partial charge in [-0.15, -0.1) is 0 Å². The molecule has 7 nitrogen and oxygen atoms in total. The molecule has 2 heterocycles. The first-order valence-electron chi connectivity index (χ1n) is 8.88. The van der Waals surface area contributed by atoms with Gasteiger partial charge in [0.25, 0.3) is 5.91 Å². The summed E-state index contributed by atoms with van der Waals surface area (Å²) in [7, 11) is -3.08. The summed E-state index contributed by atoms with van der Waals surface area (Å²) < 4.78 is 22.3. The van der Waals surface area contributed by atoms with Gasteiger partial charge in [0.2, 0.25) is 0 Å². The van der Waals surface area contributed by atoms with Gasteiger partial charge < -0.3 is 10.6 Å². The van der Waals surface area contributed by atoms with E-state index >= 15 is 0 Å². The molecule has 0 aliphatic heterocycles. The van der Waals surface area contributed by atoms with Gasteiger partial charge in [0.15, 0.2) is 9.84 Å². The average molecular weight is 443 g/mol. The highest BCUT2D eigenvalue weighted by Crippen LogP contribution is 2.25. The Hall–Kier alpha value is -3.23. The summed E-state index contributed by atoms with van der Waals surface area (Å²) in [6.07, 6.45) is 8.90. The highest BCUT2D eigenvalue weighted by Gasteiger charge is 2.10. The molecule has 0 atom stereocenters. The van der Waals surface area contributed by atoms with Crippen LogP contribution in [0.1, 0.15) is 16.1 Å². The van der Waals surface area contributed by atoms with Crippen molar-refractivity contribution in [2.75, 3.05) is 22.6 Å². The molecule has 0 saturated heterocycles. The number of aromatic nitrogens is 2. The molecule has 0 aliphatic rings. The number of sulfone groups is 1. The third-order valence-corrected chi connectivity index (χ3v) is 4.98. The lowest BCUT2D eigenvalue weighted by Gasteiger charge is -2.12. The molecule has 0 spiro atoms. The fourth-order valence-electron chi connectivity index (χ4n) is 2.47. The van der Waals surface area contributed by atoms with Gasteiger partial charge in [-0.1, -0.05) is 17.7 Å². The predicted octanol–water partition coefficient (Wildman–Crippen LogP) is 4.18. The topological polar surface area (TPSA) is 101 Å². The first-order chi connectivity index (χ1) is 14.3. The Morgan fingerprint density at radius 3 is 2.50 bits per heavy atom. The van der Waals surface area contributed by atoms with Crippen molar-refractivity contribution in [3.63, 3.8) is 0 Å². The normalized spacial score (nSPS) is 11.4. The molecular formula is C21H19ClN4O3S. The van der Waals surface area contributed by atoms with Crippen LogP contribution in [0.3, 0.4) is 0 Å². The molecule has 3 rings (SSSR count). The van der Waals surface area contributed by atoms with Crippen molar-refractivity contribution in [3.05, 3.63) is 83.4 Å². The van der Waals surface area contributed by atoms with E-state index in [4.69, 9.17) is 11.6 Å². The quantitative estimate of drug-likeness (QED) is 0.569. The molecule has 0 unspecified atom stereocenters. The second-order valence-electron chi connectivity index (χ2n) is 6.47. The van der Waals surface area contributed by atoms with Crippen LogP contribution in [-0.2, 0) is 9.84 Å². The molecule has 0 saturated carbocycles. The van der Waals surface area contributed by atoms with Crippen LogP contribution in [0, 0.1) is 0 Å². The Bertz CT molecular complexity index is 1160. The summed E-state index contributed by atoms with van der Waals surface area (Å²) in [5.41, 5.74) is 2.91. The second-order valence-corrected chi connectivity index (χ2v) is 9.10. The molecule has 0 bridgehead atoms. The van der Waals surface area contributed by atoms with Gasteiger partial charge >= 0.3 is 0 Å². The van der Waals surface area contributed by atoms with Crippen LogP contribution in [0.5, 0.6) is 0 Å². The summed E-state index contributed by atoms with van der Waals surface area (Å²) in [6, 6.07) is 12.1. The summed E-state index contributed by atoms with van der Waals surface area (Å²) in [5, 5.41) is 6.65. The van der Waals surface area contributed by atoms with Crippen molar-refractivity contribution in [2.24, 2.45) is 0 Å². The van der Waals surface area contributed by atoms with Crippen LogP contribution in [-0.4, -0.2) is 36.3 Å². The number of amides is 1. The number of halogens is 1. The zero-order chi connectivity index (χ0) is 21.6. The van der Waals surface area contributed by atoms with Crippen LogP contribution in [0.2, 0.25) is 5.02 Å². The summed E-state index contributed by atoms with van der Waals surface area (Å²) >= 11 is 5.91. The van der Waals surface area contributed by atoms with Gasteiger partial charge in [-0.25, -0.2) is 8.42 Å². The van der Waals surface area contributed by atoms with Gasteiger partial charge in [-0.3, -0.25) is 14.8 Å². The van der Waals surface area contributed by atoms with E-state index in [0.717, 1.165) is 11.9 Å². The number of hydrogen-bond donors (Lipinski definition) is 2. The Morgan fingerprint density at radius 1 is 1.07 bits per heavy atom. The van der Waals surface area contributed by atoms with Crippen LogP contribution < -0.4 is 10.6 Å². The molecule has 0 aliphatic carbocycles. The van der Waals surface area contributed by atoms with Crippen molar-refractivity contribution >= 4 is 50.5 Å². The average Bonchev–Trinajstić information content (AvgIpc) is 2.71. The van der Waals surface area contributed by atoms with Crippen molar-refractivity contribution in [2.45, 2.75) is 0 Å². The smallest absolute Gasteiger partial charge is 0.257 e. The number of nitrogens with zero attached hydrogens (tertiary/aromatic N) is 2. The molecule has 30 heavy (non-hydrogen) atoms. The van der Waals surface area contributed by atoms with E-state index in [9.17, 15) is 13.2 Å². The van der Waals surface area contributed by atoms with Gasteiger partial charge in [-0.05, 0) is 48.5 Å². The molecule has 1 amide bonds. The number of pyridine rings is 2. The van der Waals surface area contributed by atoms with Crippen molar-refractivity contribution < 1.29 is 13.2 Å². The Balaban J connectivity index is 1.69. The van der Waals surface area contributed by atoms with Crippen LogP contribution >= 0.6 is 11.6 Å². The van der Waals surface area contributed by atoms with Crippen molar-refractivity contribution in [1.29, 1.82) is 0 Å². The molecule has 2 aromatic heterocycles. The summed E-state index contributed by atoms with van der Waals surface area (Å²) in [4.78, 5) is 20.9. The minimum Gasteiger partial charge on any atom is -0.353 e. The Kier molecular flexibility index (Phi) is 6.81. The monoisotopic (exact) mass is 442 g/mol. The molecule has 154 valence electrons. The maximum Gasteiger partial charge on any atom is 0.257 e. The lowest BCUT2D eigenvalue weighted by atomic mass is 10.2. The van der Waals surface area contributed by atoms with E-state index in [1.54, 1.807) is 48.8 Å². The van der Waals surface area contributed by atoms with E-state index in [-0.39, 0.29) is 11.7 Å². The molecule has 0 radical (unpaired) electrons. The third-order valence-electron chi connectivity index (χ3n) is 3.93. The maximum absolute atomic E-state index is 12.6. The molecule has 9 heteroatoms. The number of anilines is 3. The number of nitrogens with one attached hydrogen (secondary N) is 2. The minimum atomic E-state index is -3.08. The van der Waals surface area contributed by atoms with Gasteiger partial charge in [-0.2, -0.15) is 0 Å². The number of carbonyl (C=O) groups is 1. The molecule has 1 aromatic carbocycles. The van der Waals surface area contributed by atoms with Crippen LogP contribution in [0.15, 0.2) is 67.1 Å². The number of carbonyl (C=O) groups excluding carboxylic acids is 1.